The highest BCUT2D eigenvalue weighted by atomic mass is 32.2. The lowest BCUT2D eigenvalue weighted by Crippen LogP contribution is -2.40. The van der Waals surface area contributed by atoms with Crippen molar-refractivity contribution in [3.05, 3.63) is 59.2 Å². The van der Waals surface area contributed by atoms with Crippen LogP contribution in [0, 0.1) is 13.8 Å². The Bertz CT molecular complexity index is 952. The lowest BCUT2D eigenvalue weighted by Gasteiger charge is -2.26. The molecule has 1 aliphatic rings. The van der Waals surface area contributed by atoms with Crippen LogP contribution in [-0.4, -0.2) is 58.1 Å². The molecule has 156 valence electrons. The predicted octanol–water partition coefficient (Wildman–Crippen LogP) is 2.13. The Hall–Kier alpha value is -2.42. The molecule has 1 saturated heterocycles. The van der Waals surface area contributed by atoms with Crippen molar-refractivity contribution < 1.29 is 22.7 Å². The summed E-state index contributed by atoms with van der Waals surface area (Å²) in [4.78, 5) is 12.4. The molecule has 0 unspecified atom stereocenters. The number of sulfonamides is 1. The van der Waals surface area contributed by atoms with E-state index < -0.39 is 10.0 Å². The van der Waals surface area contributed by atoms with Crippen LogP contribution < -0.4 is 10.1 Å². The van der Waals surface area contributed by atoms with Gasteiger partial charge in [0.1, 0.15) is 12.4 Å². The normalized spacial score (nSPS) is 15.1. The van der Waals surface area contributed by atoms with Crippen LogP contribution in [0.1, 0.15) is 21.5 Å². The zero-order valence-corrected chi connectivity index (χ0v) is 17.5. The Morgan fingerprint density at radius 1 is 1.07 bits per heavy atom. The molecule has 7 nitrogen and oxygen atoms in total. The molecule has 1 fully saturated rings. The third kappa shape index (κ3) is 5.35. The van der Waals surface area contributed by atoms with Gasteiger partial charge in [-0.3, -0.25) is 4.79 Å². The van der Waals surface area contributed by atoms with E-state index in [-0.39, 0.29) is 17.4 Å². The van der Waals surface area contributed by atoms with Gasteiger partial charge in [-0.1, -0.05) is 6.07 Å². The minimum Gasteiger partial charge on any atom is -0.492 e. The highest BCUT2D eigenvalue weighted by Gasteiger charge is 2.26. The van der Waals surface area contributed by atoms with Gasteiger partial charge in [0.25, 0.3) is 5.91 Å². The van der Waals surface area contributed by atoms with Gasteiger partial charge in [0, 0.05) is 18.7 Å². The number of morpholine rings is 1. The molecule has 29 heavy (non-hydrogen) atoms. The molecule has 0 aliphatic carbocycles. The molecule has 1 amide bonds. The SMILES string of the molecule is Cc1ccc(C(=O)NCCOc2ccc(S(=O)(=O)N3CCOCC3)cc2)cc1C. The summed E-state index contributed by atoms with van der Waals surface area (Å²) >= 11 is 0. The van der Waals surface area contributed by atoms with Crippen molar-refractivity contribution in [3.8, 4) is 5.75 Å². The quantitative estimate of drug-likeness (QED) is 0.697. The number of hydrogen-bond acceptors (Lipinski definition) is 5. The van der Waals surface area contributed by atoms with Gasteiger partial charge in [0.2, 0.25) is 10.0 Å². The molecule has 2 aromatic rings. The third-order valence-corrected chi connectivity index (χ3v) is 6.77. The van der Waals surface area contributed by atoms with Gasteiger partial charge in [-0.2, -0.15) is 4.31 Å². The van der Waals surface area contributed by atoms with Crippen LogP contribution in [0.5, 0.6) is 5.75 Å². The van der Waals surface area contributed by atoms with Gasteiger partial charge in [0.15, 0.2) is 0 Å². The van der Waals surface area contributed by atoms with Crippen LogP contribution in [0.4, 0.5) is 0 Å². The number of nitrogens with one attached hydrogen (secondary N) is 1. The number of ether oxygens (including phenoxy) is 2. The fourth-order valence-electron chi connectivity index (χ4n) is 2.96. The van der Waals surface area contributed by atoms with Crippen LogP contribution in [0.3, 0.4) is 0 Å². The molecule has 0 saturated carbocycles. The minimum atomic E-state index is -3.51. The van der Waals surface area contributed by atoms with E-state index in [2.05, 4.69) is 5.32 Å². The molecule has 8 heteroatoms. The van der Waals surface area contributed by atoms with Crippen LogP contribution in [-0.2, 0) is 14.8 Å². The van der Waals surface area contributed by atoms with Crippen molar-refractivity contribution in [1.29, 1.82) is 0 Å². The van der Waals surface area contributed by atoms with E-state index in [0.29, 0.717) is 44.2 Å². The summed E-state index contributed by atoms with van der Waals surface area (Å²) in [6.07, 6.45) is 0. The first kappa shape index (κ1) is 21.3. The number of aryl methyl sites for hydroxylation is 2. The second-order valence-corrected chi connectivity index (χ2v) is 8.83. The summed E-state index contributed by atoms with van der Waals surface area (Å²) in [6.45, 7) is 6.15. The molecule has 0 radical (unpaired) electrons. The number of benzene rings is 2. The number of carbonyl (C=O) groups excluding carboxylic acids is 1. The Labute approximate surface area is 171 Å². The van der Waals surface area contributed by atoms with Gasteiger partial charge in [-0.25, -0.2) is 8.42 Å². The van der Waals surface area contributed by atoms with Crippen molar-refractivity contribution in [2.45, 2.75) is 18.7 Å². The van der Waals surface area contributed by atoms with Crippen molar-refractivity contribution in [1.82, 2.24) is 9.62 Å². The van der Waals surface area contributed by atoms with Crippen molar-refractivity contribution in [3.63, 3.8) is 0 Å². The highest BCUT2D eigenvalue weighted by Crippen LogP contribution is 2.20. The standard InChI is InChI=1S/C21H26N2O5S/c1-16-3-4-18(15-17(16)2)21(24)22-9-12-28-19-5-7-20(8-6-19)29(25,26)23-10-13-27-14-11-23/h3-8,15H,9-14H2,1-2H3,(H,22,24). The summed E-state index contributed by atoms with van der Waals surface area (Å²) in [5.41, 5.74) is 2.83. The molecule has 2 aromatic carbocycles. The molecule has 0 aromatic heterocycles. The summed E-state index contributed by atoms with van der Waals surface area (Å²) in [7, 11) is -3.51. The maximum Gasteiger partial charge on any atom is 0.251 e. The number of amides is 1. The molecule has 3 rings (SSSR count). The lowest BCUT2D eigenvalue weighted by molar-refractivity contribution is 0.0730. The fraction of sp³-hybridized carbons (Fsp3) is 0.381. The molecule has 0 bridgehead atoms. The number of nitrogens with zero attached hydrogens (tertiary/aromatic N) is 1. The van der Waals surface area contributed by atoms with Gasteiger partial charge >= 0.3 is 0 Å². The summed E-state index contributed by atoms with van der Waals surface area (Å²) in [6, 6.07) is 11.9. The predicted molar refractivity (Wildman–Crippen MR) is 110 cm³/mol. The average molecular weight is 419 g/mol. The summed E-state index contributed by atoms with van der Waals surface area (Å²) in [5, 5.41) is 2.82. The number of hydrogen-bond donors (Lipinski definition) is 1. The zero-order valence-electron chi connectivity index (χ0n) is 16.7. The van der Waals surface area contributed by atoms with Crippen LogP contribution in [0.25, 0.3) is 0 Å². The van der Waals surface area contributed by atoms with E-state index in [1.165, 1.54) is 16.4 Å². The first-order valence-corrected chi connectivity index (χ1v) is 11.0. The molecule has 0 spiro atoms. The first-order chi connectivity index (χ1) is 13.9. The molecule has 0 atom stereocenters. The lowest BCUT2D eigenvalue weighted by atomic mass is 10.1. The van der Waals surface area contributed by atoms with E-state index in [0.717, 1.165) is 11.1 Å². The number of rotatable bonds is 7. The van der Waals surface area contributed by atoms with E-state index in [4.69, 9.17) is 9.47 Å². The van der Waals surface area contributed by atoms with Crippen LogP contribution >= 0.6 is 0 Å². The summed E-state index contributed by atoms with van der Waals surface area (Å²) < 4.78 is 37.4. The second-order valence-electron chi connectivity index (χ2n) is 6.89. The van der Waals surface area contributed by atoms with E-state index in [1.807, 2.05) is 26.0 Å². The van der Waals surface area contributed by atoms with Crippen molar-refractivity contribution in [2.75, 3.05) is 39.5 Å². The highest BCUT2D eigenvalue weighted by molar-refractivity contribution is 7.89. The molecule has 1 heterocycles. The number of carbonyl (C=O) groups is 1. The van der Waals surface area contributed by atoms with E-state index in [1.54, 1.807) is 18.2 Å². The maximum absolute atomic E-state index is 12.6. The Balaban J connectivity index is 1.49. The second kappa shape index (κ2) is 9.39. The van der Waals surface area contributed by atoms with Gasteiger partial charge in [0.05, 0.1) is 24.7 Å². The van der Waals surface area contributed by atoms with Crippen LogP contribution in [0.15, 0.2) is 47.4 Å². The first-order valence-electron chi connectivity index (χ1n) is 9.54. The molecular weight excluding hydrogens is 392 g/mol. The monoisotopic (exact) mass is 418 g/mol. The van der Waals surface area contributed by atoms with Crippen molar-refractivity contribution >= 4 is 15.9 Å². The zero-order chi connectivity index (χ0) is 20.9. The molecular formula is C21H26N2O5S. The third-order valence-electron chi connectivity index (χ3n) is 4.86. The largest absolute Gasteiger partial charge is 0.492 e. The van der Waals surface area contributed by atoms with Gasteiger partial charge in [-0.05, 0) is 61.4 Å². The smallest absolute Gasteiger partial charge is 0.251 e. The van der Waals surface area contributed by atoms with E-state index >= 15 is 0 Å². The minimum absolute atomic E-state index is 0.149. The Kier molecular flexibility index (Phi) is 6.89. The Morgan fingerprint density at radius 3 is 2.41 bits per heavy atom. The van der Waals surface area contributed by atoms with Gasteiger partial charge in [-0.15, -0.1) is 0 Å². The van der Waals surface area contributed by atoms with Crippen molar-refractivity contribution in [2.24, 2.45) is 0 Å². The van der Waals surface area contributed by atoms with Gasteiger partial charge < -0.3 is 14.8 Å². The molecule has 1 N–H and O–H groups in total. The Morgan fingerprint density at radius 2 is 1.76 bits per heavy atom. The van der Waals surface area contributed by atoms with E-state index in [9.17, 15) is 13.2 Å². The summed E-state index contributed by atoms with van der Waals surface area (Å²) in [5.74, 6) is 0.398. The van der Waals surface area contributed by atoms with Crippen LogP contribution in [0.2, 0.25) is 0 Å². The topological polar surface area (TPSA) is 84.9 Å². The maximum atomic E-state index is 12.6. The average Bonchev–Trinajstić information content (AvgIpc) is 2.74. The fourth-order valence-corrected chi connectivity index (χ4v) is 4.37. The molecule has 1 aliphatic heterocycles.